The fourth-order valence-corrected chi connectivity index (χ4v) is 0.770. The van der Waals surface area contributed by atoms with Gasteiger partial charge in [0, 0.05) is 0 Å². The first-order chi connectivity index (χ1) is 6.02. The van der Waals surface area contributed by atoms with Crippen LogP contribution in [0, 0.1) is 0 Å². The van der Waals surface area contributed by atoms with E-state index in [1.165, 1.54) is 18.2 Å². The maximum atomic E-state index is 8.74. The molecule has 0 unspecified atom stereocenters. The van der Waals surface area contributed by atoms with Crippen LogP contribution in [0.3, 0.4) is 0 Å². The van der Waals surface area contributed by atoms with Gasteiger partial charge in [-0.2, -0.15) is 0 Å². The monoisotopic (exact) mass is 167 g/mol. The first-order valence-electron chi connectivity index (χ1n) is 3.85. The maximum absolute atomic E-state index is 8.74. The highest BCUT2D eigenvalue weighted by Crippen LogP contribution is 1.83. The van der Waals surface area contributed by atoms with Crippen LogP contribution in [0.4, 0.5) is 0 Å². The Bertz CT molecular complexity index is 305. The largest absolute Gasteiger partial charge is 0.488 e. The molecule has 0 aliphatic rings. The summed E-state index contributed by atoms with van der Waals surface area (Å²) >= 11 is 0. The van der Waals surface area contributed by atoms with Crippen molar-refractivity contribution in [3.8, 4) is 0 Å². The number of rotatable bonds is 2. The van der Waals surface area contributed by atoms with Crippen molar-refractivity contribution >= 4 is 25.2 Å². The van der Waals surface area contributed by atoms with Gasteiger partial charge < -0.3 is 20.1 Å². The van der Waals surface area contributed by atoms with Gasteiger partial charge in [-0.25, -0.2) is 0 Å². The molecular weight excluding hydrogens is 158 g/mol. The Morgan fingerprint density at radius 3 is 1.83 bits per heavy atom. The van der Waals surface area contributed by atoms with Crippen LogP contribution >= 0.6 is 0 Å². The van der Waals surface area contributed by atoms with Crippen LogP contribution < -0.4 is 10.9 Å². The number of hydrogen-bond donors (Lipinski definition) is 4. The summed E-state index contributed by atoms with van der Waals surface area (Å²) in [5.74, 6) is 0. The first-order valence-corrected chi connectivity index (χ1v) is 3.35. The smallest absolute Gasteiger partial charge is 0.423 e. The second kappa shape index (κ2) is 3.73. The molecule has 62 valence electrons. The van der Waals surface area contributed by atoms with Gasteiger partial charge in [0.05, 0.1) is 1.37 Å². The normalized spacial score (nSPS) is 10.8. The molecule has 4 nitrogen and oxygen atoms in total. The molecule has 4 N–H and O–H groups in total. The van der Waals surface area contributed by atoms with Gasteiger partial charge in [-0.3, -0.25) is 0 Å². The molecular formula is C6H8B2O4. The minimum Gasteiger partial charge on any atom is -0.423 e. The van der Waals surface area contributed by atoms with E-state index in [4.69, 9.17) is 21.5 Å². The Kier molecular flexibility index (Phi) is 2.43. The van der Waals surface area contributed by atoms with Crippen molar-refractivity contribution in [3.63, 3.8) is 0 Å². The summed E-state index contributed by atoms with van der Waals surface area (Å²) in [5, 5.41) is 34.9. The molecule has 0 fully saturated rings. The first kappa shape index (κ1) is 7.82. The van der Waals surface area contributed by atoms with Gasteiger partial charge in [0.15, 0.2) is 0 Å². The van der Waals surface area contributed by atoms with E-state index in [1.54, 1.807) is 0 Å². The Balaban J connectivity index is 3.06. The average molecular weight is 167 g/mol. The molecule has 0 heterocycles. The molecule has 0 atom stereocenters. The summed E-state index contributed by atoms with van der Waals surface area (Å²) in [4.78, 5) is 0. The van der Waals surface area contributed by atoms with E-state index in [-0.39, 0.29) is 17.0 Å². The van der Waals surface area contributed by atoms with E-state index < -0.39 is 14.2 Å². The number of benzene rings is 1. The van der Waals surface area contributed by atoms with Crippen LogP contribution in [0.15, 0.2) is 24.2 Å². The summed E-state index contributed by atoms with van der Waals surface area (Å²) in [5.41, 5.74) is 0.179. The molecule has 0 aliphatic carbocycles. The molecule has 6 heteroatoms. The lowest BCUT2D eigenvalue weighted by Crippen LogP contribution is -2.34. The quantitative estimate of drug-likeness (QED) is 0.355. The molecule has 0 aliphatic heterocycles. The highest BCUT2D eigenvalue weighted by molar-refractivity contribution is 6.60. The molecule has 1 rings (SSSR count). The van der Waals surface area contributed by atoms with Gasteiger partial charge in [0.1, 0.15) is 0 Å². The lowest BCUT2D eigenvalue weighted by molar-refractivity contribution is 0.423. The van der Waals surface area contributed by atoms with E-state index in [0.717, 1.165) is 0 Å². The van der Waals surface area contributed by atoms with Crippen LogP contribution in [0.1, 0.15) is 1.37 Å². The van der Waals surface area contributed by atoms with Crippen LogP contribution in [-0.4, -0.2) is 34.3 Å². The molecule has 0 aromatic heterocycles. The molecule has 12 heavy (non-hydrogen) atoms. The molecule has 0 amide bonds. The van der Waals surface area contributed by atoms with Gasteiger partial charge in [0.25, 0.3) is 0 Å². The molecule has 0 radical (unpaired) electrons. The zero-order valence-electron chi connectivity index (χ0n) is 7.18. The van der Waals surface area contributed by atoms with Gasteiger partial charge in [-0.05, 0) is 10.9 Å². The molecule has 1 aromatic rings. The van der Waals surface area contributed by atoms with Crippen LogP contribution in [0.2, 0.25) is 0 Å². The minimum atomic E-state index is -1.71. The Morgan fingerprint density at radius 2 is 1.42 bits per heavy atom. The van der Waals surface area contributed by atoms with Gasteiger partial charge in [-0.15, -0.1) is 0 Å². The predicted octanol–water partition coefficient (Wildman–Crippen LogP) is -2.95. The third-order valence-electron chi connectivity index (χ3n) is 1.44. The van der Waals surface area contributed by atoms with E-state index in [0.29, 0.717) is 0 Å². The second-order valence-electron chi connectivity index (χ2n) is 2.32. The van der Waals surface area contributed by atoms with Gasteiger partial charge >= 0.3 is 14.2 Å². The van der Waals surface area contributed by atoms with Crippen molar-refractivity contribution < 1.29 is 21.5 Å². The third-order valence-corrected chi connectivity index (χ3v) is 1.44. The number of hydrogen-bond acceptors (Lipinski definition) is 4. The minimum absolute atomic E-state index is 0.0319. The predicted molar refractivity (Wildman–Crippen MR) is 46.1 cm³/mol. The zero-order valence-corrected chi connectivity index (χ0v) is 6.18. The molecule has 0 saturated heterocycles. The summed E-state index contributed by atoms with van der Waals surface area (Å²) in [6, 6.07) is 3.61. The molecule has 0 bridgehead atoms. The third kappa shape index (κ3) is 2.09. The van der Waals surface area contributed by atoms with Gasteiger partial charge in [-0.1, -0.05) is 24.2 Å². The summed E-state index contributed by atoms with van der Waals surface area (Å²) in [6.07, 6.45) is 0. The van der Waals surface area contributed by atoms with E-state index >= 15 is 0 Å². The summed E-state index contributed by atoms with van der Waals surface area (Å²) in [7, 11) is -3.36. The Morgan fingerprint density at radius 1 is 0.917 bits per heavy atom. The summed E-state index contributed by atoms with van der Waals surface area (Å²) < 4.78 is 7.29. The van der Waals surface area contributed by atoms with Crippen LogP contribution in [0.25, 0.3) is 0 Å². The van der Waals surface area contributed by atoms with Crippen molar-refractivity contribution in [3.05, 3.63) is 24.2 Å². The average Bonchev–Trinajstić information content (AvgIpc) is 2.03. The highest BCUT2D eigenvalue weighted by atomic mass is 16.4. The standard InChI is InChI=1S/C6H8B2O4/c9-7(10)5-1-2-6(4-3-5)8(11)12/h1-4,9-12H/i1D. The lowest BCUT2D eigenvalue weighted by Gasteiger charge is -2.01. The molecule has 0 saturated carbocycles. The van der Waals surface area contributed by atoms with E-state index in [9.17, 15) is 0 Å². The SMILES string of the molecule is [2H]c1cc(B(O)O)ccc1B(O)O. The van der Waals surface area contributed by atoms with Gasteiger partial charge in [0.2, 0.25) is 0 Å². The van der Waals surface area contributed by atoms with Crippen LogP contribution in [0.5, 0.6) is 0 Å². The van der Waals surface area contributed by atoms with Crippen molar-refractivity contribution in [2.75, 3.05) is 0 Å². The topological polar surface area (TPSA) is 80.9 Å². The molecule has 1 aromatic carbocycles. The van der Waals surface area contributed by atoms with E-state index in [1.807, 2.05) is 0 Å². The fraction of sp³-hybridized carbons (Fsp3) is 0. The summed E-state index contributed by atoms with van der Waals surface area (Å²) in [6.45, 7) is 0. The zero-order chi connectivity index (χ0) is 10.0. The van der Waals surface area contributed by atoms with E-state index in [2.05, 4.69) is 0 Å². The second-order valence-corrected chi connectivity index (χ2v) is 2.32. The van der Waals surface area contributed by atoms with Crippen molar-refractivity contribution in [1.82, 2.24) is 0 Å². The maximum Gasteiger partial charge on any atom is 0.488 e. The van der Waals surface area contributed by atoms with Crippen molar-refractivity contribution in [2.24, 2.45) is 0 Å². The van der Waals surface area contributed by atoms with Crippen molar-refractivity contribution in [2.45, 2.75) is 0 Å². The van der Waals surface area contributed by atoms with Crippen molar-refractivity contribution in [1.29, 1.82) is 0 Å². The Labute approximate surface area is 71.8 Å². The molecule has 0 spiro atoms. The highest BCUT2D eigenvalue weighted by Gasteiger charge is 2.13. The lowest BCUT2D eigenvalue weighted by atomic mass is 9.75. The fourth-order valence-electron chi connectivity index (χ4n) is 0.770. The van der Waals surface area contributed by atoms with Crippen LogP contribution in [-0.2, 0) is 0 Å². The Hall–Kier alpha value is -0.810.